The van der Waals surface area contributed by atoms with Crippen LogP contribution in [0.4, 0.5) is 0 Å². The molecule has 2 N–H and O–H groups in total. The van der Waals surface area contributed by atoms with E-state index in [0.29, 0.717) is 6.54 Å². The largest absolute Gasteiger partial charge is 0.348 e. The van der Waals surface area contributed by atoms with Crippen molar-refractivity contribution in [1.29, 1.82) is 0 Å². The Morgan fingerprint density at radius 1 is 1.48 bits per heavy atom. The molecule has 0 spiro atoms. The molecule has 1 aliphatic heterocycles. The summed E-state index contributed by atoms with van der Waals surface area (Å²) in [6, 6.07) is 7.90. The number of amides is 1. The number of carbonyl (C=O) groups is 1. The van der Waals surface area contributed by atoms with E-state index in [0.717, 1.165) is 25.1 Å². The maximum absolute atomic E-state index is 12.3. The summed E-state index contributed by atoms with van der Waals surface area (Å²) in [5, 5.41) is 10.5. The van der Waals surface area contributed by atoms with Crippen molar-refractivity contribution in [3.8, 4) is 0 Å². The van der Waals surface area contributed by atoms with Crippen molar-refractivity contribution in [1.82, 2.24) is 20.4 Å². The Morgan fingerprint density at radius 2 is 2.38 bits per heavy atom. The highest BCUT2D eigenvalue weighted by Gasteiger charge is 2.14. The molecule has 0 fully saturated rings. The molecule has 5 nitrogen and oxygen atoms in total. The van der Waals surface area contributed by atoms with Gasteiger partial charge in [-0.2, -0.15) is 5.10 Å². The third kappa shape index (κ3) is 3.31. The van der Waals surface area contributed by atoms with Crippen LogP contribution in [-0.2, 0) is 19.5 Å². The van der Waals surface area contributed by atoms with Crippen molar-refractivity contribution in [3.63, 3.8) is 0 Å². The Labute approximate surface area is 124 Å². The lowest BCUT2D eigenvalue weighted by atomic mass is 9.98. The normalized spacial score (nSPS) is 15.3. The number of benzene rings is 1. The molecule has 0 aliphatic carbocycles. The molecule has 2 aromatic rings. The van der Waals surface area contributed by atoms with Gasteiger partial charge < -0.3 is 10.6 Å². The van der Waals surface area contributed by atoms with Crippen LogP contribution in [0.5, 0.6) is 0 Å². The monoisotopic (exact) mass is 284 g/mol. The van der Waals surface area contributed by atoms with E-state index < -0.39 is 0 Å². The fourth-order valence-corrected chi connectivity index (χ4v) is 2.66. The molecule has 0 saturated heterocycles. The van der Waals surface area contributed by atoms with Crippen molar-refractivity contribution in [2.24, 2.45) is 0 Å². The molecule has 1 aliphatic rings. The number of fused-ring (bicyclic) bond motifs is 1. The van der Waals surface area contributed by atoms with Gasteiger partial charge in [0.1, 0.15) is 0 Å². The van der Waals surface area contributed by atoms with E-state index in [-0.39, 0.29) is 11.9 Å². The summed E-state index contributed by atoms with van der Waals surface area (Å²) < 4.78 is 1.82. The van der Waals surface area contributed by atoms with Crippen LogP contribution in [0.2, 0.25) is 0 Å². The molecule has 1 atom stereocenters. The lowest BCUT2D eigenvalue weighted by molar-refractivity contribution is 0.0936. The fraction of sp³-hybridized carbons (Fsp3) is 0.375. The first-order chi connectivity index (χ1) is 10.2. The Hall–Kier alpha value is -2.14. The molecule has 5 heteroatoms. The van der Waals surface area contributed by atoms with E-state index in [1.54, 1.807) is 6.20 Å². The molecule has 1 unspecified atom stereocenters. The molecule has 1 aromatic heterocycles. The summed E-state index contributed by atoms with van der Waals surface area (Å²) in [7, 11) is 0. The Balaban J connectivity index is 1.64. The molecule has 0 radical (unpaired) electrons. The summed E-state index contributed by atoms with van der Waals surface area (Å²) >= 11 is 0. The number of carbonyl (C=O) groups excluding carboxylic acids is 1. The number of hydrogen-bond donors (Lipinski definition) is 2. The van der Waals surface area contributed by atoms with E-state index in [1.165, 1.54) is 11.1 Å². The van der Waals surface area contributed by atoms with Gasteiger partial charge in [0, 0.05) is 30.5 Å². The van der Waals surface area contributed by atoms with Gasteiger partial charge in [-0.05, 0) is 49.2 Å². The minimum atomic E-state index is -0.0250. The summed E-state index contributed by atoms with van der Waals surface area (Å²) in [5.74, 6) is -0.0250. The molecule has 1 aromatic carbocycles. The number of rotatable bonds is 4. The number of nitrogens with zero attached hydrogens (tertiary/aromatic N) is 2. The van der Waals surface area contributed by atoms with Crippen molar-refractivity contribution < 1.29 is 4.79 Å². The van der Waals surface area contributed by atoms with Crippen LogP contribution in [0, 0.1) is 0 Å². The van der Waals surface area contributed by atoms with E-state index >= 15 is 0 Å². The predicted octanol–water partition coefficient (Wildman–Crippen LogP) is 1.35. The zero-order valence-corrected chi connectivity index (χ0v) is 12.2. The van der Waals surface area contributed by atoms with Gasteiger partial charge in [0.25, 0.3) is 5.91 Å². The van der Waals surface area contributed by atoms with Gasteiger partial charge >= 0.3 is 0 Å². The molecule has 0 bridgehead atoms. The number of nitrogens with one attached hydrogen (secondary N) is 2. The lowest BCUT2D eigenvalue weighted by Crippen LogP contribution is -2.36. The van der Waals surface area contributed by atoms with Gasteiger partial charge in [-0.15, -0.1) is 0 Å². The van der Waals surface area contributed by atoms with Crippen molar-refractivity contribution in [2.45, 2.75) is 32.5 Å². The summed E-state index contributed by atoms with van der Waals surface area (Å²) in [4.78, 5) is 12.3. The first-order valence-electron chi connectivity index (χ1n) is 7.33. The summed E-state index contributed by atoms with van der Waals surface area (Å²) in [5.41, 5.74) is 3.30. The maximum atomic E-state index is 12.3. The highest BCUT2D eigenvalue weighted by Crippen LogP contribution is 2.16. The molecule has 3 rings (SSSR count). The van der Waals surface area contributed by atoms with Gasteiger partial charge in [-0.25, -0.2) is 0 Å². The average Bonchev–Trinajstić information content (AvgIpc) is 2.99. The molecule has 110 valence electrons. The minimum Gasteiger partial charge on any atom is -0.348 e. The molecule has 21 heavy (non-hydrogen) atoms. The molecule has 2 heterocycles. The SMILES string of the molecule is CC(Cn1cccn1)NC(=O)c1ccc2c(c1)CNCC2. The third-order valence-corrected chi connectivity index (χ3v) is 3.75. The Morgan fingerprint density at radius 3 is 3.19 bits per heavy atom. The Bertz CT molecular complexity index is 621. The van der Waals surface area contributed by atoms with Gasteiger partial charge in [0.05, 0.1) is 6.54 Å². The topological polar surface area (TPSA) is 59.0 Å². The van der Waals surface area contributed by atoms with E-state index in [2.05, 4.69) is 21.8 Å². The molecular weight excluding hydrogens is 264 g/mol. The maximum Gasteiger partial charge on any atom is 0.251 e. The first-order valence-corrected chi connectivity index (χ1v) is 7.33. The summed E-state index contributed by atoms with van der Waals surface area (Å²) in [6.07, 6.45) is 4.67. The highest BCUT2D eigenvalue weighted by atomic mass is 16.1. The van der Waals surface area contributed by atoms with E-state index in [1.807, 2.05) is 36.0 Å². The second kappa shape index (κ2) is 6.10. The van der Waals surface area contributed by atoms with Crippen molar-refractivity contribution in [3.05, 3.63) is 53.3 Å². The first kappa shape index (κ1) is 13.8. The van der Waals surface area contributed by atoms with Crippen LogP contribution in [-0.4, -0.2) is 28.3 Å². The molecular formula is C16H20N4O. The third-order valence-electron chi connectivity index (χ3n) is 3.75. The van der Waals surface area contributed by atoms with E-state index in [9.17, 15) is 4.79 Å². The van der Waals surface area contributed by atoms with Crippen LogP contribution in [0.1, 0.15) is 28.4 Å². The van der Waals surface area contributed by atoms with Crippen molar-refractivity contribution >= 4 is 5.91 Å². The second-order valence-corrected chi connectivity index (χ2v) is 5.51. The van der Waals surface area contributed by atoms with Crippen LogP contribution in [0.25, 0.3) is 0 Å². The second-order valence-electron chi connectivity index (χ2n) is 5.51. The predicted molar refractivity (Wildman–Crippen MR) is 81.0 cm³/mol. The highest BCUT2D eigenvalue weighted by molar-refractivity contribution is 5.94. The van der Waals surface area contributed by atoms with Crippen molar-refractivity contribution in [2.75, 3.05) is 6.54 Å². The summed E-state index contributed by atoms with van der Waals surface area (Å²) in [6.45, 7) is 4.52. The van der Waals surface area contributed by atoms with Gasteiger partial charge in [-0.1, -0.05) is 6.07 Å². The zero-order valence-electron chi connectivity index (χ0n) is 12.2. The van der Waals surface area contributed by atoms with Gasteiger partial charge in [0.15, 0.2) is 0 Å². The smallest absolute Gasteiger partial charge is 0.251 e. The number of hydrogen-bond acceptors (Lipinski definition) is 3. The lowest BCUT2D eigenvalue weighted by Gasteiger charge is -2.19. The number of aromatic nitrogens is 2. The van der Waals surface area contributed by atoms with Gasteiger partial charge in [-0.3, -0.25) is 9.48 Å². The van der Waals surface area contributed by atoms with Crippen LogP contribution >= 0.6 is 0 Å². The van der Waals surface area contributed by atoms with Crippen LogP contribution in [0.15, 0.2) is 36.7 Å². The molecule has 1 amide bonds. The van der Waals surface area contributed by atoms with E-state index in [4.69, 9.17) is 0 Å². The molecule has 0 saturated carbocycles. The van der Waals surface area contributed by atoms with Gasteiger partial charge in [0.2, 0.25) is 0 Å². The van der Waals surface area contributed by atoms with Crippen LogP contribution < -0.4 is 10.6 Å². The fourth-order valence-electron chi connectivity index (χ4n) is 2.66. The average molecular weight is 284 g/mol. The quantitative estimate of drug-likeness (QED) is 0.891. The Kier molecular flexibility index (Phi) is 4.01. The minimum absolute atomic E-state index is 0.0250. The standard InChI is InChI=1S/C16H20N4O/c1-12(11-20-8-2-6-18-20)19-16(21)14-4-3-13-5-7-17-10-15(13)9-14/h2-4,6,8-9,12,17H,5,7,10-11H2,1H3,(H,19,21). The zero-order chi connectivity index (χ0) is 14.7. The van der Waals surface area contributed by atoms with Crippen LogP contribution in [0.3, 0.4) is 0 Å².